The van der Waals surface area contributed by atoms with Gasteiger partial charge in [0.15, 0.2) is 6.29 Å². The van der Waals surface area contributed by atoms with Crippen LogP contribution in [0.2, 0.25) is 0 Å². The van der Waals surface area contributed by atoms with Crippen LogP contribution in [0.1, 0.15) is 29.9 Å². The lowest BCUT2D eigenvalue weighted by molar-refractivity contribution is -0.224. The van der Waals surface area contributed by atoms with Gasteiger partial charge in [0, 0.05) is 16.7 Å². The Morgan fingerprint density at radius 3 is 2.38 bits per heavy atom. The van der Waals surface area contributed by atoms with Crippen LogP contribution in [0.15, 0.2) is 35.0 Å². The van der Waals surface area contributed by atoms with E-state index in [0.717, 1.165) is 29.3 Å². The summed E-state index contributed by atoms with van der Waals surface area (Å²) in [4.78, 5) is 12.2. The molecular weight excluding hydrogens is 304 g/mol. The first-order chi connectivity index (χ1) is 10.1. The lowest BCUT2D eigenvalue weighted by Gasteiger charge is -2.34. The predicted octanol–water partition coefficient (Wildman–Crippen LogP) is 4.31. The molecule has 1 fully saturated rings. The van der Waals surface area contributed by atoms with E-state index in [1.54, 1.807) is 22.7 Å². The van der Waals surface area contributed by atoms with Crippen LogP contribution in [-0.4, -0.2) is 19.5 Å². The second-order valence-corrected chi connectivity index (χ2v) is 7.60. The molecule has 0 radical (unpaired) electrons. The van der Waals surface area contributed by atoms with Gasteiger partial charge in [0.05, 0.1) is 18.1 Å². The zero-order valence-electron chi connectivity index (χ0n) is 12.3. The van der Waals surface area contributed by atoms with Gasteiger partial charge in [0.2, 0.25) is 0 Å². The maximum Gasteiger partial charge on any atom is 0.193 e. The first kappa shape index (κ1) is 16.4. The van der Waals surface area contributed by atoms with Crippen molar-refractivity contribution >= 4 is 29.0 Å². The average molecular weight is 324 g/mol. The van der Waals surface area contributed by atoms with Crippen molar-refractivity contribution in [2.45, 2.75) is 26.6 Å². The van der Waals surface area contributed by atoms with E-state index in [0.29, 0.717) is 6.42 Å². The van der Waals surface area contributed by atoms with Crippen LogP contribution in [0.4, 0.5) is 0 Å². The van der Waals surface area contributed by atoms with E-state index < -0.39 is 0 Å². The predicted molar refractivity (Wildman–Crippen MR) is 86.8 cm³/mol. The molecular formula is C16H20O3S2. The number of carbonyl (C=O) groups excluding carboxylic acids is 1. The van der Waals surface area contributed by atoms with Crippen LogP contribution in [-0.2, 0) is 20.7 Å². The van der Waals surface area contributed by atoms with Crippen LogP contribution in [0.25, 0.3) is 0 Å². The Bertz CT molecular complexity index is 508. The molecule has 114 valence electrons. The minimum absolute atomic E-state index is 0.131. The number of ether oxygens (including phenoxy) is 2. The molecule has 0 bridgehead atoms. The van der Waals surface area contributed by atoms with E-state index >= 15 is 0 Å². The van der Waals surface area contributed by atoms with Gasteiger partial charge in [0.1, 0.15) is 6.29 Å². The molecule has 2 aromatic heterocycles. The fourth-order valence-electron chi connectivity index (χ4n) is 1.79. The van der Waals surface area contributed by atoms with Crippen molar-refractivity contribution in [3.05, 3.63) is 44.8 Å². The smallest absolute Gasteiger partial charge is 0.193 e. The van der Waals surface area contributed by atoms with Gasteiger partial charge in [-0.2, -0.15) is 0 Å². The van der Waals surface area contributed by atoms with E-state index in [9.17, 15) is 4.79 Å². The third-order valence-corrected chi connectivity index (χ3v) is 4.68. The minimum Gasteiger partial charge on any atom is -0.347 e. The number of aldehydes is 1. The first-order valence-corrected chi connectivity index (χ1v) is 8.59. The average Bonchev–Trinajstić information content (AvgIpc) is 3.12. The number of hydrogen-bond donors (Lipinski definition) is 0. The Balaban J connectivity index is 0.000000173. The number of hydrogen-bond acceptors (Lipinski definition) is 5. The fourth-order valence-corrected chi connectivity index (χ4v) is 3.16. The molecule has 0 unspecified atom stereocenters. The topological polar surface area (TPSA) is 35.5 Å². The lowest BCUT2D eigenvalue weighted by atomic mass is 9.96. The Hall–Kier alpha value is -1.01. The minimum atomic E-state index is -0.131. The largest absolute Gasteiger partial charge is 0.347 e. The molecule has 0 aliphatic carbocycles. The quantitative estimate of drug-likeness (QED) is 0.789. The monoisotopic (exact) mass is 324 g/mol. The summed E-state index contributed by atoms with van der Waals surface area (Å²) < 4.78 is 11.3. The zero-order chi connectivity index (χ0) is 15.1. The fraction of sp³-hybridized carbons (Fsp3) is 0.438. The van der Waals surface area contributed by atoms with Crippen molar-refractivity contribution in [1.29, 1.82) is 0 Å². The Kier molecular flexibility index (Phi) is 6.11. The van der Waals surface area contributed by atoms with E-state index in [1.165, 1.54) is 0 Å². The highest BCUT2D eigenvalue weighted by Gasteiger charge is 2.29. The van der Waals surface area contributed by atoms with E-state index in [1.807, 2.05) is 35.0 Å². The van der Waals surface area contributed by atoms with Crippen molar-refractivity contribution in [2.24, 2.45) is 5.41 Å². The first-order valence-electron chi connectivity index (χ1n) is 6.83. The van der Waals surface area contributed by atoms with Crippen molar-refractivity contribution in [3.63, 3.8) is 0 Å². The highest BCUT2D eigenvalue weighted by Crippen LogP contribution is 2.32. The SMILES string of the molecule is CC1(C)COC(c2cccs2)OC1.O=CCc1cccs1. The third kappa shape index (κ3) is 5.36. The highest BCUT2D eigenvalue weighted by molar-refractivity contribution is 7.10. The normalized spacial score (nSPS) is 17.8. The number of rotatable bonds is 3. The molecule has 21 heavy (non-hydrogen) atoms. The molecule has 1 aliphatic rings. The van der Waals surface area contributed by atoms with E-state index in [-0.39, 0.29) is 11.7 Å². The van der Waals surface area contributed by atoms with Crippen LogP contribution in [0.5, 0.6) is 0 Å². The Morgan fingerprint density at radius 2 is 1.86 bits per heavy atom. The van der Waals surface area contributed by atoms with Crippen LogP contribution in [0, 0.1) is 5.41 Å². The molecule has 0 atom stereocenters. The van der Waals surface area contributed by atoms with Gasteiger partial charge in [-0.15, -0.1) is 22.7 Å². The van der Waals surface area contributed by atoms with Gasteiger partial charge < -0.3 is 14.3 Å². The molecule has 0 saturated carbocycles. The maximum atomic E-state index is 9.88. The van der Waals surface area contributed by atoms with Gasteiger partial charge in [-0.1, -0.05) is 26.0 Å². The molecule has 1 aliphatic heterocycles. The molecule has 3 rings (SSSR count). The second-order valence-electron chi connectivity index (χ2n) is 5.58. The summed E-state index contributed by atoms with van der Waals surface area (Å²) >= 11 is 3.30. The Morgan fingerprint density at radius 1 is 1.19 bits per heavy atom. The van der Waals surface area contributed by atoms with Gasteiger partial charge in [0.25, 0.3) is 0 Å². The van der Waals surface area contributed by atoms with E-state index in [4.69, 9.17) is 9.47 Å². The highest BCUT2D eigenvalue weighted by atomic mass is 32.1. The summed E-state index contributed by atoms with van der Waals surface area (Å²) in [5.74, 6) is 0. The van der Waals surface area contributed by atoms with Crippen molar-refractivity contribution < 1.29 is 14.3 Å². The number of thiophene rings is 2. The summed E-state index contributed by atoms with van der Waals surface area (Å²) in [6.07, 6.45) is 1.36. The van der Waals surface area contributed by atoms with Crippen LogP contribution < -0.4 is 0 Å². The van der Waals surface area contributed by atoms with Gasteiger partial charge in [-0.05, 0) is 22.9 Å². The second kappa shape index (κ2) is 7.84. The maximum absolute atomic E-state index is 9.88. The number of carbonyl (C=O) groups is 1. The summed E-state index contributed by atoms with van der Waals surface area (Å²) in [6.45, 7) is 5.85. The molecule has 3 nitrogen and oxygen atoms in total. The molecule has 2 aromatic rings. The van der Waals surface area contributed by atoms with Gasteiger partial charge in [-0.3, -0.25) is 0 Å². The molecule has 0 spiro atoms. The molecule has 0 amide bonds. The molecule has 3 heterocycles. The Labute approximate surface area is 133 Å². The van der Waals surface area contributed by atoms with Crippen molar-refractivity contribution in [3.8, 4) is 0 Å². The molecule has 1 saturated heterocycles. The van der Waals surface area contributed by atoms with E-state index in [2.05, 4.69) is 13.8 Å². The summed E-state index contributed by atoms with van der Waals surface area (Å²) in [6, 6.07) is 7.97. The van der Waals surface area contributed by atoms with Gasteiger partial charge in [-0.25, -0.2) is 0 Å². The van der Waals surface area contributed by atoms with Crippen LogP contribution >= 0.6 is 22.7 Å². The van der Waals surface area contributed by atoms with Crippen molar-refractivity contribution in [2.75, 3.05) is 13.2 Å². The molecule has 0 aromatic carbocycles. The third-order valence-electron chi connectivity index (χ3n) is 2.89. The lowest BCUT2D eigenvalue weighted by Crippen LogP contribution is -2.33. The summed E-state index contributed by atoms with van der Waals surface area (Å²) in [5.41, 5.74) is 0.160. The summed E-state index contributed by atoms with van der Waals surface area (Å²) in [7, 11) is 0. The zero-order valence-corrected chi connectivity index (χ0v) is 13.9. The van der Waals surface area contributed by atoms with Gasteiger partial charge >= 0.3 is 0 Å². The summed E-state index contributed by atoms with van der Waals surface area (Å²) in [5, 5.41) is 4.01. The molecule has 0 N–H and O–H groups in total. The van der Waals surface area contributed by atoms with Crippen molar-refractivity contribution in [1.82, 2.24) is 0 Å². The molecule has 5 heteroatoms. The standard InChI is InChI=1S/C10H14O2S.C6H6OS/c1-10(2)6-11-9(12-7-10)8-4-3-5-13-8;7-4-3-6-2-1-5-8-6/h3-5,9H,6-7H2,1-2H3;1-2,4-5H,3H2. The van der Waals surface area contributed by atoms with Crippen LogP contribution in [0.3, 0.4) is 0 Å².